The summed E-state index contributed by atoms with van der Waals surface area (Å²) in [6.07, 6.45) is 3.58. The van der Waals surface area contributed by atoms with Crippen LogP contribution in [-0.2, 0) is 21.2 Å². The van der Waals surface area contributed by atoms with E-state index >= 15 is 0 Å². The summed E-state index contributed by atoms with van der Waals surface area (Å²) in [5, 5.41) is 2.74. The molecule has 0 bridgehead atoms. The minimum absolute atomic E-state index is 0.198. The van der Waals surface area contributed by atoms with Gasteiger partial charge in [-0.25, -0.2) is 8.42 Å². The summed E-state index contributed by atoms with van der Waals surface area (Å²) in [4.78, 5) is 23.7. The molecule has 0 radical (unpaired) electrons. The Morgan fingerprint density at radius 1 is 1.00 bits per heavy atom. The topological polar surface area (TPSA) is 110 Å². The summed E-state index contributed by atoms with van der Waals surface area (Å²) in [5.74, 6) is -0.752. The molecule has 2 aromatic rings. The molecule has 3 rings (SSSR count). The third kappa shape index (κ3) is 5.42. The van der Waals surface area contributed by atoms with Gasteiger partial charge >= 0.3 is 0 Å². The highest BCUT2D eigenvalue weighted by atomic mass is 32.2. The number of sulfonamides is 1. The molecule has 3 N–H and O–H groups in total. The highest BCUT2D eigenvalue weighted by molar-refractivity contribution is 7.89. The number of nitrogens with zero attached hydrogens (tertiary/aromatic N) is 1. The van der Waals surface area contributed by atoms with Crippen LogP contribution in [0.2, 0.25) is 0 Å². The largest absolute Gasteiger partial charge is 0.366 e. The fourth-order valence-corrected chi connectivity index (χ4v) is 4.83. The maximum atomic E-state index is 12.7. The highest BCUT2D eigenvalue weighted by Crippen LogP contribution is 2.21. The van der Waals surface area contributed by atoms with Crippen LogP contribution in [0.25, 0.3) is 0 Å². The fraction of sp³-hybridized carbons (Fsp3) is 0.333. The van der Waals surface area contributed by atoms with Crippen LogP contribution in [0, 0.1) is 0 Å². The van der Waals surface area contributed by atoms with Crippen molar-refractivity contribution in [3.63, 3.8) is 0 Å². The highest BCUT2D eigenvalue weighted by Gasteiger charge is 2.25. The van der Waals surface area contributed by atoms with Gasteiger partial charge in [-0.05, 0) is 55.2 Å². The molecule has 0 spiro atoms. The molecule has 1 aliphatic rings. The van der Waals surface area contributed by atoms with E-state index in [1.165, 1.54) is 6.07 Å². The van der Waals surface area contributed by atoms with Gasteiger partial charge in [-0.2, -0.15) is 4.31 Å². The Balaban J connectivity index is 1.56. The third-order valence-electron chi connectivity index (χ3n) is 4.95. The lowest BCUT2D eigenvalue weighted by atomic mass is 10.1. The smallest absolute Gasteiger partial charge is 0.248 e. The van der Waals surface area contributed by atoms with Crippen molar-refractivity contribution < 1.29 is 18.0 Å². The lowest BCUT2D eigenvalue weighted by Crippen LogP contribution is -2.35. The molecule has 0 unspecified atom stereocenters. The lowest BCUT2D eigenvalue weighted by molar-refractivity contribution is -0.116. The van der Waals surface area contributed by atoms with Crippen LogP contribution < -0.4 is 11.1 Å². The molecule has 1 saturated heterocycles. The van der Waals surface area contributed by atoms with E-state index in [4.69, 9.17) is 5.73 Å². The van der Waals surface area contributed by atoms with Crippen LogP contribution in [0.3, 0.4) is 0 Å². The zero-order valence-corrected chi connectivity index (χ0v) is 17.0. The average Bonchev–Trinajstić information content (AvgIpc) is 2.73. The van der Waals surface area contributed by atoms with Crippen molar-refractivity contribution in [3.8, 4) is 0 Å². The van der Waals surface area contributed by atoms with Crippen molar-refractivity contribution in [1.82, 2.24) is 4.31 Å². The second-order valence-corrected chi connectivity index (χ2v) is 9.04. The van der Waals surface area contributed by atoms with Gasteiger partial charge in [0.25, 0.3) is 0 Å². The van der Waals surface area contributed by atoms with Gasteiger partial charge in [0, 0.05) is 30.8 Å². The van der Waals surface area contributed by atoms with Gasteiger partial charge < -0.3 is 11.1 Å². The van der Waals surface area contributed by atoms with Crippen LogP contribution >= 0.6 is 0 Å². The first-order chi connectivity index (χ1) is 13.9. The molecule has 0 saturated carbocycles. The zero-order valence-electron chi connectivity index (χ0n) is 16.1. The van der Waals surface area contributed by atoms with Gasteiger partial charge in [0.15, 0.2) is 0 Å². The predicted molar refractivity (Wildman–Crippen MR) is 111 cm³/mol. The summed E-state index contributed by atoms with van der Waals surface area (Å²) in [6.45, 7) is 1.14. The molecule has 0 atom stereocenters. The van der Waals surface area contributed by atoms with Gasteiger partial charge in [0.1, 0.15) is 0 Å². The van der Waals surface area contributed by atoms with Gasteiger partial charge in [0.2, 0.25) is 21.8 Å². The number of amides is 2. The van der Waals surface area contributed by atoms with Crippen molar-refractivity contribution in [1.29, 1.82) is 0 Å². The molecular weight excluding hydrogens is 390 g/mol. The van der Waals surface area contributed by atoms with Crippen molar-refractivity contribution in [2.45, 2.75) is 37.0 Å². The van der Waals surface area contributed by atoms with Crippen LogP contribution in [0.5, 0.6) is 0 Å². The van der Waals surface area contributed by atoms with Gasteiger partial charge in [0.05, 0.1) is 4.90 Å². The lowest BCUT2D eigenvalue weighted by Gasteiger charge is -2.25. The quantitative estimate of drug-likeness (QED) is 0.724. The number of benzene rings is 2. The van der Waals surface area contributed by atoms with E-state index in [1.807, 2.05) is 0 Å². The summed E-state index contributed by atoms with van der Waals surface area (Å²) >= 11 is 0. The minimum Gasteiger partial charge on any atom is -0.366 e. The van der Waals surface area contributed by atoms with Gasteiger partial charge in [-0.3, -0.25) is 9.59 Å². The fourth-order valence-electron chi connectivity index (χ4n) is 3.31. The molecule has 2 aromatic carbocycles. The maximum Gasteiger partial charge on any atom is 0.248 e. The number of primary amides is 1. The minimum atomic E-state index is -3.45. The second kappa shape index (κ2) is 9.19. The van der Waals surface area contributed by atoms with Crippen LogP contribution in [0.4, 0.5) is 5.69 Å². The predicted octanol–water partition coefficient (Wildman–Crippen LogP) is 2.53. The van der Waals surface area contributed by atoms with E-state index in [1.54, 1.807) is 46.8 Å². The summed E-state index contributed by atoms with van der Waals surface area (Å²) < 4.78 is 26.9. The molecule has 0 aromatic heterocycles. The Hall–Kier alpha value is -2.71. The zero-order chi connectivity index (χ0) is 20.9. The number of anilines is 1. The molecule has 1 aliphatic heterocycles. The number of aryl methyl sites for hydroxylation is 1. The number of carbonyl (C=O) groups excluding carboxylic acids is 2. The van der Waals surface area contributed by atoms with E-state index in [2.05, 4.69) is 5.32 Å². The molecule has 0 aliphatic carbocycles. The molecule has 7 nitrogen and oxygen atoms in total. The molecule has 8 heteroatoms. The van der Waals surface area contributed by atoms with E-state index in [-0.39, 0.29) is 17.2 Å². The van der Waals surface area contributed by atoms with E-state index < -0.39 is 15.9 Å². The number of hydrogen-bond acceptors (Lipinski definition) is 4. The Morgan fingerprint density at radius 2 is 1.69 bits per heavy atom. The summed E-state index contributed by atoms with van der Waals surface area (Å²) in [7, 11) is -3.45. The van der Waals surface area contributed by atoms with Crippen LogP contribution in [-0.4, -0.2) is 37.6 Å². The Morgan fingerprint density at radius 3 is 2.34 bits per heavy atom. The number of rotatable bonds is 7. The molecule has 154 valence electrons. The van der Waals surface area contributed by atoms with Gasteiger partial charge in [-0.1, -0.05) is 24.6 Å². The molecule has 1 heterocycles. The SMILES string of the molecule is NC(=O)c1cccc(NC(=O)CCc2ccc(S(=O)(=O)N3CCCCC3)cc2)c1. The van der Waals surface area contributed by atoms with Crippen molar-refractivity contribution in [2.75, 3.05) is 18.4 Å². The van der Waals surface area contributed by atoms with E-state index in [0.717, 1.165) is 24.8 Å². The summed E-state index contributed by atoms with van der Waals surface area (Å²) in [6, 6.07) is 13.1. The average molecular weight is 416 g/mol. The van der Waals surface area contributed by atoms with Crippen molar-refractivity contribution >= 4 is 27.5 Å². The second-order valence-electron chi connectivity index (χ2n) is 7.10. The van der Waals surface area contributed by atoms with E-state index in [9.17, 15) is 18.0 Å². The monoisotopic (exact) mass is 415 g/mol. The molecular formula is C21H25N3O4S. The van der Waals surface area contributed by atoms with Crippen LogP contribution in [0.1, 0.15) is 41.6 Å². The molecule has 29 heavy (non-hydrogen) atoms. The first-order valence-electron chi connectivity index (χ1n) is 9.65. The number of piperidine rings is 1. The Kier molecular flexibility index (Phi) is 6.66. The van der Waals surface area contributed by atoms with Gasteiger partial charge in [-0.15, -0.1) is 0 Å². The first kappa shape index (κ1) is 21.0. The maximum absolute atomic E-state index is 12.7. The standard InChI is InChI=1S/C21H25N3O4S/c22-21(26)17-5-4-6-18(15-17)23-20(25)12-9-16-7-10-19(11-8-16)29(27,28)24-13-2-1-3-14-24/h4-8,10-11,15H,1-3,9,12-14H2,(H2,22,26)(H,23,25). The number of nitrogens with one attached hydrogen (secondary N) is 1. The number of carbonyl (C=O) groups is 2. The molecule has 2 amide bonds. The van der Waals surface area contributed by atoms with Crippen molar-refractivity contribution in [3.05, 3.63) is 59.7 Å². The van der Waals surface area contributed by atoms with Crippen LogP contribution in [0.15, 0.2) is 53.4 Å². The summed E-state index contributed by atoms with van der Waals surface area (Å²) in [5.41, 5.74) is 6.96. The normalized spacial score (nSPS) is 15.0. The number of nitrogens with two attached hydrogens (primary N) is 1. The Labute approximate surface area is 171 Å². The molecule has 1 fully saturated rings. The van der Waals surface area contributed by atoms with E-state index in [0.29, 0.717) is 30.8 Å². The van der Waals surface area contributed by atoms with Crippen molar-refractivity contribution in [2.24, 2.45) is 5.73 Å². The number of hydrogen-bond donors (Lipinski definition) is 2. The third-order valence-corrected chi connectivity index (χ3v) is 6.86. The first-order valence-corrected chi connectivity index (χ1v) is 11.1. The Bertz CT molecular complexity index is 981.